The zero-order valence-electron chi connectivity index (χ0n) is 16.0. The second-order valence-corrected chi connectivity index (χ2v) is 9.92. The van der Waals surface area contributed by atoms with E-state index >= 15 is 0 Å². The van der Waals surface area contributed by atoms with E-state index in [0.717, 1.165) is 25.5 Å². The number of benzene rings is 1. The first-order valence-electron chi connectivity index (χ1n) is 9.34. The average Bonchev–Trinajstić information content (AvgIpc) is 3.11. The number of hydrogen-bond acceptors (Lipinski definition) is 5. The van der Waals surface area contributed by atoms with Crippen molar-refractivity contribution >= 4 is 38.0 Å². The molecule has 3 aromatic rings. The van der Waals surface area contributed by atoms with Gasteiger partial charge in [0.15, 0.2) is 9.84 Å². The first kappa shape index (κ1) is 18.0. The molecule has 0 radical (unpaired) electrons. The van der Waals surface area contributed by atoms with Crippen LogP contribution in [0.4, 0.5) is 11.4 Å². The van der Waals surface area contributed by atoms with Gasteiger partial charge in [-0.15, -0.1) is 0 Å². The third-order valence-electron chi connectivity index (χ3n) is 5.98. The molecule has 1 fully saturated rings. The number of aromatic nitrogens is 2. The molecule has 8 nitrogen and oxygen atoms in total. The topological polar surface area (TPSA) is 113 Å². The molecule has 1 saturated carbocycles. The molecule has 2 aromatic heterocycles. The molecule has 29 heavy (non-hydrogen) atoms. The summed E-state index contributed by atoms with van der Waals surface area (Å²) in [6, 6.07) is 4.89. The number of hydrogen-bond donors (Lipinski definition) is 3. The molecule has 1 spiro atoms. The highest BCUT2D eigenvalue weighted by Crippen LogP contribution is 2.47. The van der Waals surface area contributed by atoms with E-state index in [1.165, 1.54) is 10.6 Å². The van der Waals surface area contributed by atoms with Crippen LogP contribution in [0.2, 0.25) is 0 Å². The quantitative estimate of drug-likeness (QED) is 0.597. The average molecular weight is 412 g/mol. The van der Waals surface area contributed by atoms with Gasteiger partial charge in [0.05, 0.1) is 16.3 Å². The lowest BCUT2D eigenvalue weighted by Gasteiger charge is -2.45. The standard InChI is InChI=1S/C20H20N4O4S/c1-24-10-14(12-4-7-21-17(12)18(24)25)13-8-11(29(2,27)28)9-15-16(13)23-20(5-3-6-20)19(26)22-15/h4,7-10,21,23H,3,5-6H2,1-2H3,(H,22,26). The number of H-pyrrole nitrogens is 1. The first-order chi connectivity index (χ1) is 13.7. The van der Waals surface area contributed by atoms with Crippen LogP contribution >= 0.6 is 0 Å². The third-order valence-corrected chi connectivity index (χ3v) is 7.07. The lowest BCUT2D eigenvalue weighted by Crippen LogP contribution is -2.57. The van der Waals surface area contributed by atoms with E-state index in [1.807, 2.05) is 0 Å². The molecular weight excluding hydrogens is 392 g/mol. The molecule has 0 saturated heterocycles. The van der Waals surface area contributed by atoms with Crippen molar-refractivity contribution in [3.8, 4) is 11.1 Å². The Kier molecular flexibility index (Phi) is 3.55. The van der Waals surface area contributed by atoms with Crippen LogP contribution in [0.3, 0.4) is 0 Å². The molecule has 1 aliphatic carbocycles. The zero-order chi connectivity index (χ0) is 20.6. The summed E-state index contributed by atoms with van der Waals surface area (Å²) in [5.41, 5.74) is 2.07. The van der Waals surface area contributed by atoms with Crippen LogP contribution in [-0.2, 0) is 21.7 Å². The maximum Gasteiger partial charge on any atom is 0.274 e. The fraction of sp³-hybridized carbons (Fsp3) is 0.300. The predicted octanol–water partition coefficient (Wildman–Crippen LogP) is 2.22. The summed E-state index contributed by atoms with van der Waals surface area (Å²) in [5.74, 6) is -0.139. The summed E-state index contributed by atoms with van der Waals surface area (Å²) >= 11 is 0. The Morgan fingerprint density at radius 1 is 1.14 bits per heavy atom. The number of pyridine rings is 1. The summed E-state index contributed by atoms with van der Waals surface area (Å²) in [6.45, 7) is 0. The molecule has 2 aliphatic rings. The molecule has 3 N–H and O–H groups in total. The molecule has 150 valence electrons. The fourth-order valence-electron chi connectivity index (χ4n) is 4.18. The van der Waals surface area contributed by atoms with Gasteiger partial charge < -0.3 is 20.2 Å². The highest BCUT2D eigenvalue weighted by Gasteiger charge is 2.47. The van der Waals surface area contributed by atoms with E-state index in [2.05, 4.69) is 15.6 Å². The van der Waals surface area contributed by atoms with Crippen molar-refractivity contribution < 1.29 is 13.2 Å². The molecule has 0 unspecified atom stereocenters. The minimum Gasteiger partial charge on any atom is -0.369 e. The van der Waals surface area contributed by atoms with Crippen molar-refractivity contribution in [3.05, 3.63) is 40.9 Å². The predicted molar refractivity (Wildman–Crippen MR) is 111 cm³/mol. The second kappa shape index (κ2) is 5.73. The van der Waals surface area contributed by atoms with Gasteiger partial charge in [-0.3, -0.25) is 9.59 Å². The minimum absolute atomic E-state index is 0.107. The number of nitrogens with zero attached hydrogens (tertiary/aromatic N) is 1. The van der Waals surface area contributed by atoms with Crippen LogP contribution in [0.25, 0.3) is 22.0 Å². The monoisotopic (exact) mass is 412 g/mol. The number of carbonyl (C=O) groups excluding carboxylic acids is 1. The van der Waals surface area contributed by atoms with Crippen molar-refractivity contribution in [3.63, 3.8) is 0 Å². The first-order valence-corrected chi connectivity index (χ1v) is 11.2. The molecule has 1 aliphatic heterocycles. The second-order valence-electron chi connectivity index (χ2n) is 7.91. The van der Waals surface area contributed by atoms with Crippen LogP contribution in [0.15, 0.2) is 40.3 Å². The summed E-state index contributed by atoms with van der Waals surface area (Å²) < 4.78 is 26.1. The zero-order valence-corrected chi connectivity index (χ0v) is 16.8. The van der Waals surface area contributed by atoms with Gasteiger partial charge in [0.1, 0.15) is 11.1 Å². The van der Waals surface area contributed by atoms with E-state index in [1.54, 1.807) is 31.6 Å². The van der Waals surface area contributed by atoms with Crippen molar-refractivity contribution in [2.45, 2.75) is 29.7 Å². The van der Waals surface area contributed by atoms with Crippen LogP contribution in [0.5, 0.6) is 0 Å². The summed E-state index contributed by atoms with van der Waals surface area (Å²) in [5, 5.41) is 6.99. The van der Waals surface area contributed by atoms with E-state index < -0.39 is 15.4 Å². The Morgan fingerprint density at radius 2 is 1.90 bits per heavy atom. The number of sulfone groups is 1. The molecule has 0 atom stereocenters. The summed E-state index contributed by atoms with van der Waals surface area (Å²) in [4.78, 5) is 28.2. The van der Waals surface area contributed by atoms with E-state index in [9.17, 15) is 18.0 Å². The Bertz CT molecular complexity index is 1360. The van der Waals surface area contributed by atoms with Gasteiger partial charge in [-0.25, -0.2) is 8.42 Å². The minimum atomic E-state index is -3.52. The Morgan fingerprint density at radius 3 is 2.55 bits per heavy atom. The Labute approximate surface area is 166 Å². The van der Waals surface area contributed by atoms with Crippen molar-refractivity contribution in [2.24, 2.45) is 7.05 Å². The number of aromatic amines is 1. The number of carbonyl (C=O) groups is 1. The van der Waals surface area contributed by atoms with Crippen molar-refractivity contribution in [2.75, 3.05) is 16.9 Å². The van der Waals surface area contributed by atoms with Crippen LogP contribution < -0.4 is 16.2 Å². The van der Waals surface area contributed by atoms with Crippen LogP contribution in [-0.4, -0.2) is 35.7 Å². The molecule has 0 bridgehead atoms. The normalized spacial score (nSPS) is 17.5. The van der Waals surface area contributed by atoms with Crippen molar-refractivity contribution in [1.82, 2.24) is 9.55 Å². The van der Waals surface area contributed by atoms with Gasteiger partial charge in [-0.05, 0) is 37.5 Å². The number of fused-ring (bicyclic) bond motifs is 2. The van der Waals surface area contributed by atoms with E-state index in [0.29, 0.717) is 33.4 Å². The Hall–Kier alpha value is -3.07. The number of anilines is 2. The van der Waals surface area contributed by atoms with E-state index in [-0.39, 0.29) is 16.4 Å². The molecular formula is C20H20N4O4S. The van der Waals surface area contributed by atoms with Gasteiger partial charge in [0.2, 0.25) is 5.91 Å². The Balaban J connectivity index is 1.85. The lowest BCUT2D eigenvalue weighted by molar-refractivity contribution is -0.123. The highest BCUT2D eigenvalue weighted by atomic mass is 32.2. The largest absolute Gasteiger partial charge is 0.369 e. The number of aryl methyl sites for hydroxylation is 1. The van der Waals surface area contributed by atoms with E-state index in [4.69, 9.17) is 0 Å². The molecule has 9 heteroatoms. The van der Waals surface area contributed by atoms with Crippen molar-refractivity contribution in [1.29, 1.82) is 0 Å². The van der Waals surface area contributed by atoms with Gasteiger partial charge in [0.25, 0.3) is 5.56 Å². The lowest BCUT2D eigenvalue weighted by atomic mass is 9.74. The van der Waals surface area contributed by atoms with Gasteiger partial charge in [0, 0.05) is 42.2 Å². The molecule has 1 aromatic carbocycles. The highest BCUT2D eigenvalue weighted by molar-refractivity contribution is 7.90. The van der Waals surface area contributed by atoms with Gasteiger partial charge in [-0.1, -0.05) is 0 Å². The smallest absolute Gasteiger partial charge is 0.274 e. The van der Waals surface area contributed by atoms with Crippen LogP contribution in [0, 0.1) is 0 Å². The van der Waals surface area contributed by atoms with Crippen LogP contribution in [0.1, 0.15) is 19.3 Å². The maximum absolute atomic E-state index is 12.7. The van der Waals surface area contributed by atoms with Gasteiger partial charge in [-0.2, -0.15) is 0 Å². The number of nitrogens with one attached hydrogen (secondary N) is 3. The number of rotatable bonds is 2. The number of amides is 1. The summed E-state index contributed by atoms with van der Waals surface area (Å²) in [6.07, 6.45) is 6.92. The summed E-state index contributed by atoms with van der Waals surface area (Å²) in [7, 11) is -1.86. The third kappa shape index (κ3) is 2.53. The molecule has 3 heterocycles. The van der Waals surface area contributed by atoms with Gasteiger partial charge >= 0.3 is 0 Å². The SMILES string of the molecule is Cn1cc(-c2cc(S(C)(=O)=O)cc3c2NC2(CCC2)C(=O)N3)c2cc[nH]c2c1=O. The maximum atomic E-state index is 12.7. The molecule has 1 amide bonds. The molecule has 5 rings (SSSR count). The fourth-order valence-corrected chi connectivity index (χ4v) is 4.84.